The second-order valence-electron chi connectivity index (χ2n) is 7.03. The molecule has 0 saturated carbocycles. The Morgan fingerprint density at radius 3 is 2.39 bits per heavy atom. The number of nitrogens with one attached hydrogen (secondary N) is 2. The molecule has 0 aliphatic rings. The molecule has 3 aromatic rings. The molecule has 31 heavy (non-hydrogen) atoms. The van der Waals surface area contributed by atoms with E-state index in [9.17, 15) is 9.59 Å². The molecule has 3 aromatic carbocycles. The van der Waals surface area contributed by atoms with E-state index in [1.54, 1.807) is 31.4 Å². The molecular weight excluding hydrogens is 408 g/mol. The van der Waals surface area contributed by atoms with Crippen LogP contribution in [0.3, 0.4) is 0 Å². The number of benzene rings is 3. The van der Waals surface area contributed by atoms with Gasteiger partial charge in [-0.05, 0) is 67.4 Å². The smallest absolute Gasteiger partial charge is 0.255 e. The Hall–Kier alpha value is -3.25. The summed E-state index contributed by atoms with van der Waals surface area (Å²) in [5.41, 5.74) is 3.08. The molecule has 0 fully saturated rings. The lowest BCUT2D eigenvalue weighted by Crippen LogP contribution is -2.24. The van der Waals surface area contributed by atoms with Crippen molar-refractivity contribution in [1.29, 1.82) is 0 Å². The molecule has 0 bridgehead atoms. The first-order valence-electron chi connectivity index (χ1n) is 10.1. The van der Waals surface area contributed by atoms with Crippen LogP contribution in [-0.4, -0.2) is 24.2 Å². The van der Waals surface area contributed by atoms with Gasteiger partial charge in [0.05, 0.1) is 12.4 Å². The number of hydrogen-bond acceptors (Lipinski definition) is 4. The number of para-hydroxylation sites is 1. The zero-order chi connectivity index (χ0) is 22.2. The Bertz CT molecular complexity index is 1050. The van der Waals surface area contributed by atoms with E-state index < -0.39 is 0 Å². The number of hydrogen-bond donors (Lipinski definition) is 2. The molecule has 5 nitrogen and oxygen atoms in total. The van der Waals surface area contributed by atoms with E-state index in [0.717, 1.165) is 16.1 Å². The number of carbonyl (C=O) groups is 2. The van der Waals surface area contributed by atoms with Crippen LogP contribution in [0.2, 0.25) is 0 Å². The summed E-state index contributed by atoms with van der Waals surface area (Å²) in [5, 5.41) is 5.69. The van der Waals surface area contributed by atoms with Crippen LogP contribution in [0.4, 0.5) is 11.4 Å². The summed E-state index contributed by atoms with van der Waals surface area (Å²) in [7, 11) is 1.59. The van der Waals surface area contributed by atoms with Crippen molar-refractivity contribution in [3.05, 3.63) is 83.9 Å². The number of anilines is 2. The van der Waals surface area contributed by atoms with Crippen LogP contribution in [0.1, 0.15) is 29.3 Å². The minimum atomic E-state index is -0.243. The fourth-order valence-corrected chi connectivity index (χ4v) is 4.02. The van der Waals surface area contributed by atoms with Gasteiger partial charge in [0.25, 0.3) is 5.91 Å². The fraction of sp³-hybridized carbons (Fsp3) is 0.200. The molecule has 0 aliphatic heterocycles. The second-order valence-corrected chi connectivity index (χ2v) is 8.31. The van der Waals surface area contributed by atoms with E-state index >= 15 is 0 Å². The highest BCUT2D eigenvalue weighted by atomic mass is 32.2. The third-order valence-electron chi connectivity index (χ3n) is 4.79. The van der Waals surface area contributed by atoms with Crippen LogP contribution >= 0.6 is 11.8 Å². The molecule has 0 heterocycles. The number of ether oxygens (including phenoxy) is 1. The Balaban J connectivity index is 1.66. The standard InChI is InChI=1S/C25H26N2O3S/c1-4-23(25(29)27-22-11-6-5-8-17(22)2)31-21-10-7-9-19(16-21)26-24(28)18-12-14-20(30-3)15-13-18/h5-16,23H,4H2,1-3H3,(H,26,28)(H,27,29). The van der Waals surface area contributed by atoms with Gasteiger partial charge in [-0.1, -0.05) is 31.2 Å². The first kappa shape index (κ1) is 22.4. The van der Waals surface area contributed by atoms with Gasteiger partial charge in [0, 0.05) is 21.8 Å². The summed E-state index contributed by atoms with van der Waals surface area (Å²) < 4.78 is 5.13. The first-order valence-corrected chi connectivity index (χ1v) is 11.0. The Labute approximate surface area is 187 Å². The maximum absolute atomic E-state index is 12.8. The summed E-state index contributed by atoms with van der Waals surface area (Å²) >= 11 is 1.48. The van der Waals surface area contributed by atoms with Crippen LogP contribution in [0.15, 0.2) is 77.7 Å². The van der Waals surface area contributed by atoms with E-state index in [1.165, 1.54) is 11.8 Å². The molecular formula is C25H26N2O3S. The summed E-state index contributed by atoms with van der Waals surface area (Å²) in [6, 6.07) is 22.2. The van der Waals surface area contributed by atoms with Crippen molar-refractivity contribution in [1.82, 2.24) is 0 Å². The molecule has 0 radical (unpaired) electrons. The topological polar surface area (TPSA) is 67.4 Å². The molecule has 0 saturated heterocycles. The van der Waals surface area contributed by atoms with Crippen molar-refractivity contribution in [2.45, 2.75) is 30.4 Å². The van der Waals surface area contributed by atoms with Gasteiger partial charge in [-0.15, -0.1) is 11.8 Å². The van der Waals surface area contributed by atoms with E-state index in [1.807, 2.05) is 62.4 Å². The van der Waals surface area contributed by atoms with Crippen molar-refractivity contribution >= 4 is 35.0 Å². The van der Waals surface area contributed by atoms with Crippen LogP contribution in [-0.2, 0) is 4.79 Å². The predicted molar refractivity (Wildman–Crippen MR) is 127 cm³/mol. The maximum Gasteiger partial charge on any atom is 0.255 e. The van der Waals surface area contributed by atoms with Crippen molar-refractivity contribution in [2.24, 2.45) is 0 Å². The third-order valence-corrected chi connectivity index (χ3v) is 6.15. The molecule has 0 aliphatic carbocycles. The van der Waals surface area contributed by atoms with Gasteiger partial charge in [0.15, 0.2) is 0 Å². The number of amides is 2. The molecule has 6 heteroatoms. The minimum Gasteiger partial charge on any atom is -0.497 e. The molecule has 3 rings (SSSR count). The number of carbonyl (C=O) groups excluding carboxylic acids is 2. The highest BCUT2D eigenvalue weighted by molar-refractivity contribution is 8.00. The van der Waals surface area contributed by atoms with Gasteiger partial charge < -0.3 is 15.4 Å². The third kappa shape index (κ3) is 6.12. The van der Waals surface area contributed by atoms with Crippen molar-refractivity contribution in [2.75, 3.05) is 17.7 Å². The molecule has 1 unspecified atom stereocenters. The molecule has 2 N–H and O–H groups in total. The summed E-state index contributed by atoms with van der Waals surface area (Å²) in [4.78, 5) is 26.2. The average Bonchev–Trinajstić information content (AvgIpc) is 2.79. The second kappa shape index (κ2) is 10.7. The maximum atomic E-state index is 12.8. The summed E-state index contributed by atoms with van der Waals surface area (Å²) in [6.45, 7) is 3.96. The fourth-order valence-electron chi connectivity index (χ4n) is 3.01. The van der Waals surface area contributed by atoms with Crippen molar-refractivity contribution < 1.29 is 14.3 Å². The SMILES string of the molecule is CCC(Sc1cccc(NC(=O)c2ccc(OC)cc2)c1)C(=O)Nc1ccccc1C. The lowest BCUT2D eigenvalue weighted by Gasteiger charge is -2.16. The van der Waals surface area contributed by atoms with Gasteiger partial charge in [0.2, 0.25) is 5.91 Å². The normalized spacial score (nSPS) is 11.5. The van der Waals surface area contributed by atoms with Crippen LogP contribution < -0.4 is 15.4 Å². The Morgan fingerprint density at radius 1 is 0.968 bits per heavy atom. The lowest BCUT2D eigenvalue weighted by atomic mass is 10.2. The zero-order valence-corrected chi connectivity index (χ0v) is 18.7. The number of rotatable bonds is 8. The number of thioether (sulfide) groups is 1. The molecule has 0 spiro atoms. The minimum absolute atomic E-state index is 0.0329. The van der Waals surface area contributed by atoms with Crippen molar-refractivity contribution in [3.63, 3.8) is 0 Å². The number of aryl methyl sites for hydroxylation is 1. The summed E-state index contributed by atoms with van der Waals surface area (Å²) in [6.07, 6.45) is 0.685. The quantitative estimate of drug-likeness (QED) is 0.442. The van der Waals surface area contributed by atoms with Gasteiger partial charge in [-0.3, -0.25) is 9.59 Å². The van der Waals surface area contributed by atoms with Crippen molar-refractivity contribution in [3.8, 4) is 5.75 Å². The highest BCUT2D eigenvalue weighted by Gasteiger charge is 2.19. The zero-order valence-electron chi connectivity index (χ0n) is 17.8. The first-order chi connectivity index (χ1) is 15.0. The Morgan fingerprint density at radius 2 is 1.71 bits per heavy atom. The largest absolute Gasteiger partial charge is 0.497 e. The van der Waals surface area contributed by atoms with Gasteiger partial charge in [0.1, 0.15) is 5.75 Å². The van der Waals surface area contributed by atoms with Crippen LogP contribution in [0, 0.1) is 6.92 Å². The van der Waals surface area contributed by atoms with Gasteiger partial charge in [-0.2, -0.15) is 0 Å². The molecule has 0 aromatic heterocycles. The molecule has 1 atom stereocenters. The van der Waals surface area contributed by atoms with E-state index in [4.69, 9.17) is 4.74 Å². The summed E-state index contributed by atoms with van der Waals surface area (Å²) in [5.74, 6) is 0.466. The van der Waals surface area contributed by atoms with Gasteiger partial charge >= 0.3 is 0 Å². The monoisotopic (exact) mass is 434 g/mol. The van der Waals surface area contributed by atoms with E-state index in [-0.39, 0.29) is 17.1 Å². The lowest BCUT2D eigenvalue weighted by molar-refractivity contribution is -0.115. The molecule has 2 amide bonds. The van der Waals surface area contributed by atoms with Gasteiger partial charge in [-0.25, -0.2) is 0 Å². The van der Waals surface area contributed by atoms with Crippen LogP contribution in [0.25, 0.3) is 0 Å². The van der Waals surface area contributed by atoms with Crippen LogP contribution in [0.5, 0.6) is 5.75 Å². The highest BCUT2D eigenvalue weighted by Crippen LogP contribution is 2.29. The number of methoxy groups -OCH3 is 1. The Kier molecular flexibility index (Phi) is 7.73. The average molecular weight is 435 g/mol. The molecule has 160 valence electrons. The van der Waals surface area contributed by atoms with E-state index in [0.29, 0.717) is 23.4 Å². The predicted octanol–water partition coefficient (Wildman–Crippen LogP) is 5.77. The van der Waals surface area contributed by atoms with E-state index in [2.05, 4.69) is 10.6 Å².